The van der Waals surface area contributed by atoms with Crippen molar-refractivity contribution < 1.29 is 4.79 Å². The topological polar surface area (TPSA) is 79.2 Å². The Labute approximate surface area is 167 Å². The molecule has 0 aromatic carbocycles. The van der Waals surface area contributed by atoms with Crippen LogP contribution in [0.4, 0.5) is 5.82 Å². The number of aromatic nitrogens is 4. The lowest BCUT2D eigenvalue weighted by Gasteiger charge is -2.22. The van der Waals surface area contributed by atoms with Gasteiger partial charge in [-0.2, -0.15) is 5.10 Å². The fraction of sp³-hybridized carbons (Fsp3) is 0.600. The Morgan fingerprint density at radius 3 is 2.75 bits per heavy atom. The molecule has 8 nitrogen and oxygen atoms in total. The van der Waals surface area contributed by atoms with Crippen LogP contribution in [0.1, 0.15) is 53.9 Å². The van der Waals surface area contributed by atoms with Gasteiger partial charge in [0.1, 0.15) is 5.82 Å². The lowest BCUT2D eigenvalue weighted by molar-refractivity contribution is 0.0815. The van der Waals surface area contributed by atoms with Crippen LogP contribution >= 0.6 is 0 Å². The predicted molar refractivity (Wildman–Crippen MR) is 110 cm³/mol. The summed E-state index contributed by atoms with van der Waals surface area (Å²) in [6.45, 7) is 10.8. The number of rotatable bonds is 6. The normalized spacial score (nSPS) is 16.8. The highest BCUT2D eigenvalue weighted by Crippen LogP contribution is 2.24. The van der Waals surface area contributed by atoms with E-state index in [-0.39, 0.29) is 11.7 Å². The van der Waals surface area contributed by atoms with Gasteiger partial charge in [0.25, 0.3) is 5.91 Å². The summed E-state index contributed by atoms with van der Waals surface area (Å²) in [5.41, 5.74) is 3.09. The van der Waals surface area contributed by atoms with Crippen molar-refractivity contribution in [2.45, 2.75) is 52.7 Å². The molecule has 2 aromatic rings. The van der Waals surface area contributed by atoms with Gasteiger partial charge in [-0.25, -0.2) is 9.97 Å². The first-order valence-corrected chi connectivity index (χ1v) is 9.85. The molecular formula is C20H31N7O. The fourth-order valence-corrected chi connectivity index (χ4v) is 3.53. The van der Waals surface area contributed by atoms with Crippen molar-refractivity contribution in [1.29, 1.82) is 0 Å². The molecule has 1 amide bonds. The summed E-state index contributed by atoms with van der Waals surface area (Å²) in [5.74, 6) is 0.967. The zero-order valence-electron chi connectivity index (χ0n) is 17.7. The highest BCUT2D eigenvalue weighted by atomic mass is 16.2. The average Bonchev–Trinajstić information content (AvgIpc) is 3.30. The summed E-state index contributed by atoms with van der Waals surface area (Å²) >= 11 is 0. The van der Waals surface area contributed by atoms with Gasteiger partial charge in [-0.3, -0.25) is 9.48 Å². The Balaban J connectivity index is 1.69. The monoisotopic (exact) mass is 385 g/mol. The summed E-state index contributed by atoms with van der Waals surface area (Å²) in [6.07, 6.45) is 2.89. The van der Waals surface area contributed by atoms with E-state index >= 15 is 0 Å². The lowest BCUT2D eigenvalue weighted by atomic mass is 10.2. The molecule has 1 atom stereocenters. The molecule has 2 aromatic heterocycles. The molecule has 3 rings (SSSR count). The molecule has 0 aliphatic carbocycles. The van der Waals surface area contributed by atoms with Gasteiger partial charge in [0.2, 0.25) is 5.82 Å². The van der Waals surface area contributed by atoms with Crippen LogP contribution in [-0.4, -0.2) is 63.8 Å². The minimum Gasteiger partial charge on any atom is -0.355 e. The van der Waals surface area contributed by atoms with Crippen molar-refractivity contribution in [3.63, 3.8) is 0 Å². The Hall–Kier alpha value is -2.48. The van der Waals surface area contributed by atoms with Gasteiger partial charge >= 0.3 is 0 Å². The van der Waals surface area contributed by atoms with E-state index in [0.717, 1.165) is 43.1 Å². The van der Waals surface area contributed by atoms with E-state index in [2.05, 4.69) is 49.9 Å². The molecule has 0 bridgehead atoms. The molecule has 152 valence electrons. The van der Waals surface area contributed by atoms with E-state index in [9.17, 15) is 4.79 Å². The molecule has 1 aliphatic rings. The van der Waals surface area contributed by atoms with Crippen LogP contribution in [0.25, 0.3) is 0 Å². The number of nitrogens with one attached hydrogen (secondary N) is 1. The van der Waals surface area contributed by atoms with E-state index in [1.165, 1.54) is 10.6 Å². The molecule has 1 aliphatic heterocycles. The maximum atomic E-state index is 12.3. The highest BCUT2D eigenvalue weighted by molar-refractivity contribution is 5.90. The van der Waals surface area contributed by atoms with E-state index in [1.54, 1.807) is 14.1 Å². The maximum absolute atomic E-state index is 12.3. The van der Waals surface area contributed by atoms with Crippen molar-refractivity contribution in [1.82, 2.24) is 30.0 Å². The van der Waals surface area contributed by atoms with E-state index < -0.39 is 0 Å². The van der Waals surface area contributed by atoms with E-state index in [1.807, 2.05) is 20.0 Å². The number of anilines is 1. The van der Waals surface area contributed by atoms with E-state index in [0.29, 0.717) is 12.1 Å². The van der Waals surface area contributed by atoms with Crippen LogP contribution in [0, 0.1) is 13.8 Å². The second-order valence-electron chi connectivity index (χ2n) is 7.95. The van der Waals surface area contributed by atoms with Crippen molar-refractivity contribution in [3.8, 4) is 0 Å². The fourth-order valence-electron chi connectivity index (χ4n) is 3.53. The van der Waals surface area contributed by atoms with Gasteiger partial charge in [-0.05, 0) is 40.2 Å². The van der Waals surface area contributed by atoms with Gasteiger partial charge in [0, 0.05) is 63.3 Å². The van der Waals surface area contributed by atoms with Crippen LogP contribution < -0.4 is 10.2 Å². The minimum absolute atomic E-state index is 0.167. The number of nitrogens with zero attached hydrogens (tertiary/aromatic N) is 6. The number of hydrogen-bond donors (Lipinski definition) is 1. The lowest BCUT2D eigenvalue weighted by Crippen LogP contribution is -2.34. The smallest absolute Gasteiger partial charge is 0.291 e. The van der Waals surface area contributed by atoms with Crippen LogP contribution in [0.15, 0.2) is 12.3 Å². The summed E-state index contributed by atoms with van der Waals surface area (Å²) < 4.78 is 2.05. The van der Waals surface area contributed by atoms with Crippen molar-refractivity contribution in [3.05, 3.63) is 35.0 Å². The number of carbonyl (C=O) groups is 1. The molecule has 0 radical (unpaired) electrons. The van der Waals surface area contributed by atoms with Crippen LogP contribution in [0.5, 0.6) is 0 Å². The van der Waals surface area contributed by atoms with Gasteiger partial charge in [0.05, 0.1) is 5.69 Å². The molecule has 8 heteroatoms. The first kappa shape index (κ1) is 20.3. The first-order chi connectivity index (χ1) is 13.3. The number of hydrogen-bond acceptors (Lipinski definition) is 6. The SMILES string of the molecule is Cc1nc(C(=O)N(C)C)nc(N2CC[C@@H](NCc3ccnn3C(C)C)C2)c1C. The molecule has 28 heavy (non-hydrogen) atoms. The molecule has 1 saturated heterocycles. The third-order valence-corrected chi connectivity index (χ3v) is 5.26. The number of carbonyl (C=O) groups excluding carboxylic acids is 1. The molecular weight excluding hydrogens is 354 g/mol. The molecule has 1 N–H and O–H groups in total. The van der Waals surface area contributed by atoms with Gasteiger partial charge in [0.15, 0.2) is 0 Å². The average molecular weight is 386 g/mol. The predicted octanol–water partition coefficient (Wildman–Crippen LogP) is 1.94. The summed E-state index contributed by atoms with van der Waals surface area (Å²) in [6, 6.07) is 2.79. The summed E-state index contributed by atoms with van der Waals surface area (Å²) in [5, 5.41) is 8.05. The Morgan fingerprint density at radius 1 is 1.32 bits per heavy atom. The van der Waals surface area contributed by atoms with Crippen LogP contribution in [0.2, 0.25) is 0 Å². The number of aryl methyl sites for hydroxylation is 1. The second-order valence-corrected chi connectivity index (χ2v) is 7.95. The Kier molecular flexibility index (Phi) is 5.98. The quantitative estimate of drug-likeness (QED) is 0.819. The number of amides is 1. The van der Waals surface area contributed by atoms with Crippen molar-refractivity contribution in [2.24, 2.45) is 0 Å². The summed E-state index contributed by atoms with van der Waals surface area (Å²) in [7, 11) is 3.44. The summed E-state index contributed by atoms with van der Waals surface area (Å²) in [4.78, 5) is 25.1. The van der Waals surface area contributed by atoms with Crippen LogP contribution in [-0.2, 0) is 6.54 Å². The molecule has 1 fully saturated rings. The van der Waals surface area contributed by atoms with Crippen LogP contribution in [0.3, 0.4) is 0 Å². The van der Waals surface area contributed by atoms with E-state index in [4.69, 9.17) is 0 Å². The largest absolute Gasteiger partial charge is 0.355 e. The van der Waals surface area contributed by atoms with Crippen molar-refractivity contribution >= 4 is 11.7 Å². The van der Waals surface area contributed by atoms with Crippen molar-refractivity contribution in [2.75, 3.05) is 32.1 Å². The zero-order valence-corrected chi connectivity index (χ0v) is 17.7. The second kappa shape index (κ2) is 8.26. The highest BCUT2D eigenvalue weighted by Gasteiger charge is 2.27. The third kappa shape index (κ3) is 4.16. The molecule has 0 spiro atoms. The standard InChI is InChI=1S/C20H31N7O/c1-13(2)27-17(7-9-22-27)11-21-16-8-10-26(12-16)19-14(3)15(4)23-18(24-19)20(28)25(5)6/h7,9,13,16,21H,8,10-12H2,1-6H3/t16-/m1/s1. The Morgan fingerprint density at radius 2 is 2.07 bits per heavy atom. The molecule has 0 saturated carbocycles. The van der Waals surface area contributed by atoms with Gasteiger partial charge in [-0.1, -0.05) is 0 Å². The molecule has 0 unspecified atom stereocenters. The van der Waals surface area contributed by atoms with Gasteiger partial charge < -0.3 is 15.1 Å². The third-order valence-electron chi connectivity index (χ3n) is 5.26. The zero-order chi connectivity index (χ0) is 20.4. The first-order valence-electron chi connectivity index (χ1n) is 9.85. The minimum atomic E-state index is -0.167. The Bertz CT molecular complexity index is 843. The maximum Gasteiger partial charge on any atom is 0.291 e. The molecule has 3 heterocycles. The van der Waals surface area contributed by atoms with Gasteiger partial charge in [-0.15, -0.1) is 0 Å².